The van der Waals surface area contributed by atoms with Gasteiger partial charge in [0, 0.05) is 11.9 Å². The molecule has 1 aromatic heterocycles. The lowest BCUT2D eigenvalue weighted by atomic mass is 10.1. The number of para-hydroxylation sites is 1. The summed E-state index contributed by atoms with van der Waals surface area (Å²) >= 11 is 0. The van der Waals surface area contributed by atoms with E-state index in [0.29, 0.717) is 10.9 Å². The van der Waals surface area contributed by atoms with Gasteiger partial charge >= 0.3 is 0 Å². The third kappa shape index (κ3) is 2.88. The highest BCUT2D eigenvalue weighted by Gasteiger charge is 2.12. The zero-order valence-electron chi connectivity index (χ0n) is 12.9. The van der Waals surface area contributed by atoms with Crippen molar-refractivity contribution in [3.05, 3.63) is 48.3 Å². The Morgan fingerprint density at radius 1 is 1.05 bits per heavy atom. The Bertz CT molecular complexity index is 799. The quantitative estimate of drug-likeness (QED) is 0.572. The smallest absolute Gasteiger partial charge is 0.134 e. The Hall–Kier alpha value is -2.20. The molecular weight excluding hydrogens is 277 g/mol. The lowest BCUT2D eigenvalue weighted by Crippen LogP contribution is -2.16. The molecule has 0 saturated carbocycles. The van der Waals surface area contributed by atoms with Crippen molar-refractivity contribution in [3.63, 3.8) is 0 Å². The molecule has 0 aliphatic rings. The number of pyridine rings is 1. The number of hydrogen-bond donors (Lipinski definition) is 1. The number of fused-ring (bicyclic) bond motifs is 2. The molecule has 0 aliphatic carbocycles. The molecule has 2 aromatic carbocycles. The van der Waals surface area contributed by atoms with Crippen LogP contribution < -0.4 is 5.32 Å². The van der Waals surface area contributed by atoms with Crippen LogP contribution in [-0.4, -0.2) is 37.1 Å². The van der Waals surface area contributed by atoms with Crippen LogP contribution in [0.25, 0.3) is 21.8 Å². The van der Waals surface area contributed by atoms with Crippen LogP contribution in [0.15, 0.2) is 42.5 Å². The van der Waals surface area contributed by atoms with Crippen molar-refractivity contribution in [2.24, 2.45) is 0 Å². The maximum atomic E-state index is 14.3. The molecule has 0 saturated heterocycles. The van der Waals surface area contributed by atoms with Crippen molar-refractivity contribution in [1.29, 1.82) is 0 Å². The SMILES string of the molecule is CN(C)CCCNc1c2ccccc2nc2cccc(F)c12. The minimum atomic E-state index is -0.231. The highest BCUT2D eigenvalue weighted by Crippen LogP contribution is 2.32. The van der Waals surface area contributed by atoms with Crippen LogP contribution in [0.4, 0.5) is 10.1 Å². The molecule has 0 fully saturated rings. The summed E-state index contributed by atoms with van der Waals surface area (Å²) in [5.41, 5.74) is 2.42. The van der Waals surface area contributed by atoms with E-state index in [-0.39, 0.29) is 5.82 Å². The summed E-state index contributed by atoms with van der Waals surface area (Å²) in [5.74, 6) is -0.231. The molecule has 0 spiro atoms. The summed E-state index contributed by atoms with van der Waals surface area (Å²) in [6.45, 7) is 1.80. The average molecular weight is 297 g/mol. The van der Waals surface area contributed by atoms with Crippen LogP contribution in [-0.2, 0) is 0 Å². The number of nitrogens with one attached hydrogen (secondary N) is 1. The second-order valence-corrected chi connectivity index (χ2v) is 5.72. The maximum Gasteiger partial charge on any atom is 0.134 e. The molecule has 3 rings (SSSR count). The Morgan fingerprint density at radius 2 is 1.82 bits per heavy atom. The molecule has 0 radical (unpaired) electrons. The van der Waals surface area contributed by atoms with Crippen molar-refractivity contribution >= 4 is 27.5 Å². The molecule has 3 aromatic rings. The third-order valence-electron chi connectivity index (χ3n) is 3.74. The van der Waals surface area contributed by atoms with E-state index in [2.05, 4.69) is 29.3 Å². The first-order valence-electron chi connectivity index (χ1n) is 7.52. The summed E-state index contributed by atoms with van der Waals surface area (Å²) in [6.07, 6.45) is 1.000. The molecule has 22 heavy (non-hydrogen) atoms. The zero-order chi connectivity index (χ0) is 15.5. The Kier molecular flexibility index (Phi) is 4.20. The Balaban J connectivity index is 2.06. The van der Waals surface area contributed by atoms with E-state index in [1.807, 2.05) is 30.3 Å². The highest BCUT2D eigenvalue weighted by molar-refractivity contribution is 6.07. The molecule has 0 amide bonds. The lowest BCUT2D eigenvalue weighted by molar-refractivity contribution is 0.405. The van der Waals surface area contributed by atoms with E-state index in [4.69, 9.17) is 0 Å². The van der Waals surface area contributed by atoms with Crippen molar-refractivity contribution in [2.45, 2.75) is 6.42 Å². The number of halogens is 1. The number of nitrogens with zero attached hydrogens (tertiary/aromatic N) is 2. The minimum absolute atomic E-state index is 0.231. The number of rotatable bonds is 5. The van der Waals surface area contributed by atoms with E-state index in [1.54, 1.807) is 6.07 Å². The fourth-order valence-electron chi connectivity index (χ4n) is 2.69. The first kappa shape index (κ1) is 14.7. The molecular formula is C18H20FN3. The molecule has 0 aliphatic heterocycles. The van der Waals surface area contributed by atoms with Crippen LogP contribution in [0.2, 0.25) is 0 Å². The van der Waals surface area contributed by atoms with Gasteiger partial charge in [-0.1, -0.05) is 24.3 Å². The first-order chi connectivity index (χ1) is 10.7. The molecule has 114 valence electrons. The minimum Gasteiger partial charge on any atom is -0.384 e. The van der Waals surface area contributed by atoms with E-state index in [1.165, 1.54) is 6.07 Å². The number of hydrogen-bond acceptors (Lipinski definition) is 3. The zero-order valence-corrected chi connectivity index (χ0v) is 12.9. The second-order valence-electron chi connectivity index (χ2n) is 5.72. The van der Waals surface area contributed by atoms with E-state index in [9.17, 15) is 4.39 Å². The topological polar surface area (TPSA) is 28.2 Å². The second kappa shape index (κ2) is 6.28. The fraction of sp³-hybridized carbons (Fsp3) is 0.278. The predicted molar refractivity (Wildman–Crippen MR) is 90.9 cm³/mol. The molecule has 0 bridgehead atoms. The largest absolute Gasteiger partial charge is 0.384 e. The van der Waals surface area contributed by atoms with Crippen LogP contribution in [0.3, 0.4) is 0 Å². The lowest BCUT2D eigenvalue weighted by Gasteiger charge is -2.15. The van der Waals surface area contributed by atoms with Crippen LogP contribution in [0.5, 0.6) is 0 Å². The molecule has 0 atom stereocenters. The normalized spacial score (nSPS) is 11.5. The molecule has 4 heteroatoms. The van der Waals surface area contributed by atoms with E-state index in [0.717, 1.165) is 36.1 Å². The average Bonchev–Trinajstić information content (AvgIpc) is 2.50. The van der Waals surface area contributed by atoms with Gasteiger partial charge in [-0.25, -0.2) is 9.37 Å². The van der Waals surface area contributed by atoms with Gasteiger partial charge in [0.05, 0.1) is 22.1 Å². The first-order valence-corrected chi connectivity index (χ1v) is 7.52. The van der Waals surface area contributed by atoms with E-state index >= 15 is 0 Å². The fourth-order valence-corrected chi connectivity index (χ4v) is 2.69. The monoisotopic (exact) mass is 297 g/mol. The summed E-state index contributed by atoms with van der Waals surface area (Å²) in [7, 11) is 4.10. The number of anilines is 1. The van der Waals surface area contributed by atoms with Gasteiger partial charge in [-0.2, -0.15) is 0 Å². The summed E-state index contributed by atoms with van der Waals surface area (Å²) in [4.78, 5) is 6.71. The van der Waals surface area contributed by atoms with Gasteiger partial charge < -0.3 is 10.2 Å². The van der Waals surface area contributed by atoms with Crippen molar-refractivity contribution in [3.8, 4) is 0 Å². The molecule has 1 N–H and O–H groups in total. The van der Waals surface area contributed by atoms with Gasteiger partial charge in [0.15, 0.2) is 0 Å². The summed E-state index contributed by atoms with van der Waals surface area (Å²) in [6, 6.07) is 12.9. The number of benzene rings is 2. The standard InChI is InChI=1S/C18H20FN3/c1-22(2)12-6-11-20-18-13-7-3-4-9-15(13)21-16-10-5-8-14(19)17(16)18/h3-5,7-10H,6,11-12H2,1-2H3,(H,20,21). The van der Waals surface area contributed by atoms with Crippen LogP contribution in [0, 0.1) is 5.82 Å². The Labute approximate surface area is 129 Å². The van der Waals surface area contributed by atoms with Gasteiger partial charge in [-0.05, 0) is 45.3 Å². The maximum absolute atomic E-state index is 14.3. The number of aromatic nitrogens is 1. The van der Waals surface area contributed by atoms with Gasteiger partial charge in [0.1, 0.15) is 5.82 Å². The van der Waals surface area contributed by atoms with Gasteiger partial charge in [0.2, 0.25) is 0 Å². The van der Waals surface area contributed by atoms with Crippen molar-refractivity contribution in [1.82, 2.24) is 9.88 Å². The molecule has 3 nitrogen and oxygen atoms in total. The highest BCUT2D eigenvalue weighted by atomic mass is 19.1. The molecule has 1 heterocycles. The summed E-state index contributed by atoms with van der Waals surface area (Å²) in [5, 5.41) is 4.96. The molecule has 0 unspecified atom stereocenters. The van der Waals surface area contributed by atoms with Crippen molar-refractivity contribution in [2.75, 3.05) is 32.5 Å². The van der Waals surface area contributed by atoms with Crippen LogP contribution in [0.1, 0.15) is 6.42 Å². The van der Waals surface area contributed by atoms with Crippen molar-refractivity contribution < 1.29 is 4.39 Å². The van der Waals surface area contributed by atoms with Gasteiger partial charge in [-0.3, -0.25) is 0 Å². The van der Waals surface area contributed by atoms with Gasteiger partial charge in [0.25, 0.3) is 0 Å². The van der Waals surface area contributed by atoms with Crippen LogP contribution >= 0.6 is 0 Å². The predicted octanol–water partition coefficient (Wildman–Crippen LogP) is 3.89. The summed E-state index contributed by atoms with van der Waals surface area (Å²) < 4.78 is 14.3. The third-order valence-corrected chi connectivity index (χ3v) is 3.74. The van der Waals surface area contributed by atoms with Gasteiger partial charge in [-0.15, -0.1) is 0 Å². The van der Waals surface area contributed by atoms with E-state index < -0.39 is 0 Å². The Morgan fingerprint density at radius 3 is 2.64 bits per heavy atom.